The molecule has 3 rings (SSSR count). The Morgan fingerprint density at radius 1 is 0.923 bits per heavy atom. The number of aromatic nitrogens is 2. The minimum atomic E-state index is -0.360. The van der Waals surface area contributed by atoms with Crippen molar-refractivity contribution >= 4 is 11.6 Å². The molecular weight excluding hydrogens is 335 g/mol. The third kappa shape index (κ3) is 4.10. The highest BCUT2D eigenvalue weighted by Crippen LogP contribution is 2.14. The number of benzene rings is 2. The van der Waals surface area contributed by atoms with E-state index in [0.29, 0.717) is 16.7 Å². The number of carbonyl (C=O) groups excluding carboxylic acids is 2. The van der Waals surface area contributed by atoms with Gasteiger partial charge in [-0.1, -0.05) is 36.4 Å². The fraction of sp³-hybridized carbons (Fsp3) is 0.150. The first-order chi connectivity index (χ1) is 12.6. The molecule has 0 aliphatic heterocycles. The lowest BCUT2D eigenvalue weighted by molar-refractivity contribution is 0.0985. The van der Waals surface area contributed by atoms with Crippen molar-refractivity contribution in [1.82, 2.24) is 10.2 Å². The van der Waals surface area contributed by atoms with Crippen LogP contribution in [0.15, 0.2) is 54.7 Å². The minimum Gasteiger partial charge on any atom is -0.392 e. The molecule has 5 nitrogen and oxygen atoms in total. The summed E-state index contributed by atoms with van der Waals surface area (Å²) in [6, 6.07) is 12.4. The van der Waals surface area contributed by atoms with Crippen LogP contribution in [0.25, 0.3) is 0 Å². The number of aromatic amines is 1. The van der Waals surface area contributed by atoms with Crippen LogP contribution in [0.1, 0.15) is 37.5 Å². The van der Waals surface area contributed by atoms with E-state index in [0.717, 1.165) is 5.56 Å². The zero-order valence-electron chi connectivity index (χ0n) is 13.9. The monoisotopic (exact) mass is 352 g/mol. The Bertz CT molecular complexity index is 915. The van der Waals surface area contributed by atoms with Crippen LogP contribution in [-0.4, -0.2) is 26.9 Å². The van der Waals surface area contributed by atoms with Crippen molar-refractivity contribution in [2.45, 2.75) is 19.4 Å². The van der Waals surface area contributed by atoms with Gasteiger partial charge in [0.1, 0.15) is 11.5 Å². The predicted molar refractivity (Wildman–Crippen MR) is 93.4 cm³/mol. The van der Waals surface area contributed by atoms with Crippen molar-refractivity contribution in [3.8, 4) is 0 Å². The lowest BCUT2D eigenvalue weighted by Gasteiger charge is -2.04. The van der Waals surface area contributed by atoms with Gasteiger partial charge >= 0.3 is 0 Å². The summed E-state index contributed by atoms with van der Waals surface area (Å²) < 4.78 is 13.0. The molecule has 0 saturated heterocycles. The predicted octanol–water partition coefficient (Wildman–Crippen LogP) is 2.89. The molecule has 26 heavy (non-hydrogen) atoms. The maximum atomic E-state index is 13.0. The van der Waals surface area contributed by atoms with Gasteiger partial charge in [0.25, 0.3) is 0 Å². The Balaban J connectivity index is 1.71. The van der Waals surface area contributed by atoms with Crippen molar-refractivity contribution in [2.24, 2.45) is 0 Å². The number of carbonyl (C=O) groups is 2. The fourth-order valence-corrected chi connectivity index (χ4v) is 2.63. The number of nitrogens with zero attached hydrogens (tertiary/aromatic N) is 1. The summed E-state index contributed by atoms with van der Waals surface area (Å²) in [6.07, 6.45) is 1.60. The second kappa shape index (κ2) is 7.84. The van der Waals surface area contributed by atoms with Gasteiger partial charge in [-0.15, -0.1) is 0 Å². The third-order valence-corrected chi connectivity index (χ3v) is 4.08. The second-order valence-electron chi connectivity index (χ2n) is 5.95. The molecule has 0 fully saturated rings. The molecule has 132 valence electrons. The number of ketones is 2. The van der Waals surface area contributed by atoms with Gasteiger partial charge in [0, 0.05) is 24.0 Å². The third-order valence-electron chi connectivity index (χ3n) is 4.08. The second-order valence-corrected chi connectivity index (χ2v) is 5.95. The van der Waals surface area contributed by atoms with E-state index in [1.807, 2.05) is 0 Å². The smallest absolute Gasteiger partial charge is 0.185 e. The van der Waals surface area contributed by atoms with Gasteiger partial charge in [-0.2, -0.15) is 5.10 Å². The number of rotatable bonds is 7. The molecule has 0 aliphatic rings. The highest BCUT2D eigenvalue weighted by molar-refractivity contribution is 6.01. The summed E-state index contributed by atoms with van der Waals surface area (Å²) >= 11 is 0. The van der Waals surface area contributed by atoms with E-state index in [-0.39, 0.29) is 42.5 Å². The molecule has 0 amide bonds. The van der Waals surface area contributed by atoms with E-state index in [1.54, 1.807) is 36.4 Å². The SMILES string of the molecule is O=C(Cc1cn[nH]c1C(=O)Cc1ccc(F)cc1)c1ccc(CO)cc1. The molecule has 1 heterocycles. The van der Waals surface area contributed by atoms with Crippen molar-refractivity contribution in [3.05, 3.63) is 88.5 Å². The molecule has 0 spiro atoms. The Hall–Kier alpha value is -3.12. The number of Topliss-reactive ketones (excluding diaryl/α,β-unsaturated/α-hetero) is 2. The van der Waals surface area contributed by atoms with Gasteiger partial charge in [-0.3, -0.25) is 14.7 Å². The molecule has 0 unspecified atom stereocenters. The lowest BCUT2D eigenvalue weighted by Crippen LogP contribution is -2.10. The Morgan fingerprint density at radius 3 is 2.23 bits per heavy atom. The molecule has 0 saturated carbocycles. The highest BCUT2D eigenvalue weighted by atomic mass is 19.1. The van der Waals surface area contributed by atoms with E-state index < -0.39 is 0 Å². The lowest BCUT2D eigenvalue weighted by atomic mass is 9.99. The van der Waals surface area contributed by atoms with Crippen molar-refractivity contribution in [2.75, 3.05) is 0 Å². The fourth-order valence-electron chi connectivity index (χ4n) is 2.63. The minimum absolute atomic E-state index is 0.0411. The molecule has 0 radical (unpaired) electrons. The van der Waals surface area contributed by atoms with E-state index in [1.165, 1.54) is 18.3 Å². The summed E-state index contributed by atoms with van der Waals surface area (Å²) in [4.78, 5) is 24.9. The van der Waals surface area contributed by atoms with Crippen LogP contribution in [0.5, 0.6) is 0 Å². The molecule has 6 heteroatoms. The molecule has 0 bridgehead atoms. The largest absolute Gasteiger partial charge is 0.392 e. The van der Waals surface area contributed by atoms with Crippen LogP contribution in [0, 0.1) is 5.82 Å². The van der Waals surface area contributed by atoms with Crippen LogP contribution < -0.4 is 0 Å². The first kappa shape index (κ1) is 17.7. The number of hydrogen-bond donors (Lipinski definition) is 2. The molecule has 1 aromatic heterocycles. The van der Waals surface area contributed by atoms with E-state index >= 15 is 0 Å². The Labute approximate surface area is 149 Å². The zero-order valence-corrected chi connectivity index (χ0v) is 13.9. The number of halogens is 1. The number of H-pyrrole nitrogens is 1. The van der Waals surface area contributed by atoms with Crippen molar-refractivity contribution in [1.29, 1.82) is 0 Å². The topological polar surface area (TPSA) is 83.0 Å². The van der Waals surface area contributed by atoms with Crippen molar-refractivity contribution < 1.29 is 19.1 Å². The van der Waals surface area contributed by atoms with Crippen LogP contribution in [0.3, 0.4) is 0 Å². The van der Waals surface area contributed by atoms with Gasteiger partial charge in [0.15, 0.2) is 11.6 Å². The van der Waals surface area contributed by atoms with Crippen LogP contribution in [0.2, 0.25) is 0 Å². The normalized spacial score (nSPS) is 10.7. The van der Waals surface area contributed by atoms with Gasteiger partial charge < -0.3 is 5.11 Å². The zero-order chi connectivity index (χ0) is 18.5. The molecule has 2 N–H and O–H groups in total. The Morgan fingerprint density at radius 2 is 1.58 bits per heavy atom. The van der Waals surface area contributed by atoms with Crippen molar-refractivity contribution in [3.63, 3.8) is 0 Å². The van der Waals surface area contributed by atoms with Gasteiger partial charge in [-0.05, 0) is 23.3 Å². The Kier molecular flexibility index (Phi) is 5.34. The highest BCUT2D eigenvalue weighted by Gasteiger charge is 2.17. The summed E-state index contributed by atoms with van der Waals surface area (Å²) in [5.41, 5.74) is 2.71. The number of hydrogen-bond acceptors (Lipinski definition) is 4. The van der Waals surface area contributed by atoms with Gasteiger partial charge in [0.05, 0.1) is 12.8 Å². The van der Waals surface area contributed by atoms with Crippen LogP contribution in [0.4, 0.5) is 4.39 Å². The van der Waals surface area contributed by atoms with E-state index in [9.17, 15) is 14.0 Å². The summed E-state index contributed by atoms with van der Waals surface area (Å²) in [5.74, 6) is -0.722. The van der Waals surface area contributed by atoms with Gasteiger partial charge in [0.2, 0.25) is 0 Å². The van der Waals surface area contributed by atoms with Crippen LogP contribution >= 0.6 is 0 Å². The first-order valence-corrected chi connectivity index (χ1v) is 8.09. The standard InChI is InChI=1S/C20H17FN2O3/c21-17-7-3-13(4-8-17)9-19(26)20-16(11-22-23-20)10-18(25)15-5-1-14(12-24)2-6-15/h1-8,11,24H,9-10,12H2,(H,22,23). The maximum absolute atomic E-state index is 13.0. The maximum Gasteiger partial charge on any atom is 0.185 e. The molecule has 2 aromatic carbocycles. The number of nitrogens with one attached hydrogen (secondary N) is 1. The molecule has 0 atom stereocenters. The van der Waals surface area contributed by atoms with E-state index in [2.05, 4.69) is 10.2 Å². The summed E-state index contributed by atoms with van der Waals surface area (Å²) in [7, 11) is 0. The molecule has 0 aliphatic carbocycles. The molecule has 3 aromatic rings. The molecular formula is C20H17FN2O3. The average Bonchev–Trinajstić information content (AvgIpc) is 3.12. The quantitative estimate of drug-likeness (QED) is 0.641. The van der Waals surface area contributed by atoms with Gasteiger partial charge in [-0.25, -0.2) is 4.39 Å². The first-order valence-electron chi connectivity index (χ1n) is 8.09. The number of aliphatic hydroxyl groups excluding tert-OH is 1. The average molecular weight is 352 g/mol. The summed E-state index contributed by atoms with van der Waals surface area (Å²) in [6.45, 7) is -0.0851. The summed E-state index contributed by atoms with van der Waals surface area (Å²) in [5, 5.41) is 15.6. The van der Waals surface area contributed by atoms with Crippen LogP contribution in [-0.2, 0) is 19.4 Å². The number of aliphatic hydroxyl groups is 1. The van der Waals surface area contributed by atoms with E-state index in [4.69, 9.17) is 5.11 Å².